The van der Waals surface area contributed by atoms with Gasteiger partial charge in [-0.05, 0) is 30.5 Å². The molecule has 1 saturated carbocycles. The lowest BCUT2D eigenvalue weighted by molar-refractivity contribution is 0.170. The highest BCUT2D eigenvalue weighted by atomic mass is 35.5. The summed E-state index contributed by atoms with van der Waals surface area (Å²) >= 11 is 6.04. The van der Waals surface area contributed by atoms with Crippen LogP contribution in [-0.2, 0) is 16.8 Å². The highest BCUT2D eigenvalue weighted by molar-refractivity contribution is 7.86. The van der Waals surface area contributed by atoms with Crippen molar-refractivity contribution >= 4 is 21.8 Å². The molecule has 1 aromatic carbocycles. The van der Waals surface area contributed by atoms with Gasteiger partial charge in [-0.3, -0.25) is 4.90 Å². The van der Waals surface area contributed by atoms with Crippen molar-refractivity contribution in [2.24, 2.45) is 0 Å². The summed E-state index contributed by atoms with van der Waals surface area (Å²) in [7, 11) is -1.59. The molecule has 7 heteroatoms. The highest BCUT2D eigenvalue weighted by Crippen LogP contribution is 2.25. The fraction of sp³-hybridized carbons (Fsp3) is 0.667. The Labute approximate surface area is 156 Å². The molecule has 1 aliphatic carbocycles. The maximum Gasteiger partial charge on any atom is 0.282 e. The normalized spacial score (nSPS) is 21.7. The molecule has 5 nitrogen and oxygen atoms in total. The summed E-state index contributed by atoms with van der Waals surface area (Å²) in [6.07, 6.45) is 5.48. The molecule has 0 N–H and O–H groups in total. The molecule has 0 bridgehead atoms. The maximum absolute atomic E-state index is 12.9. The summed E-state index contributed by atoms with van der Waals surface area (Å²) < 4.78 is 29.1. The Balaban J connectivity index is 1.55. The minimum atomic E-state index is -3.35. The Morgan fingerprint density at radius 1 is 1.12 bits per heavy atom. The zero-order chi connectivity index (χ0) is 17.9. The average Bonchev–Trinajstić information content (AvgIpc) is 2.62. The number of hydrogen-bond acceptors (Lipinski definition) is 3. The molecule has 0 radical (unpaired) electrons. The molecule has 1 aromatic rings. The van der Waals surface area contributed by atoms with Gasteiger partial charge in [-0.1, -0.05) is 43.0 Å². The van der Waals surface area contributed by atoms with Crippen LogP contribution in [0.3, 0.4) is 0 Å². The Morgan fingerprint density at radius 3 is 2.44 bits per heavy atom. The van der Waals surface area contributed by atoms with Gasteiger partial charge in [0.05, 0.1) is 0 Å². The van der Waals surface area contributed by atoms with E-state index in [4.69, 9.17) is 11.6 Å². The first-order valence-corrected chi connectivity index (χ1v) is 10.9. The predicted octanol–water partition coefficient (Wildman–Crippen LogP) is 2.97. The average molecular weight is 386 g/mol. The summed E-state index contributed by atoms with van der Waals surface area (Å²) in [6, 6.07) is 8.03. The Bertz CT molecular complexity index is 669. The number of rotatable bonds is 5. The van der Waals surface area contributed by atoms with Gasteiger partial charge >= 0.3 is 0 Å². The number of benzene rings is 1. The first-order chi connectivity index (χ1) is 12.0. The molecule has 2 fully saturated rings. The van der Waals surface area contributed by atoms with Gasteiger partial charge in [0.2, 0.25) is 0 Å². The smallest absolute Gasteiger partial charge is 0.282 e. The molecule has 0 spiro atoms. The molecule has 0 atom stereocenters. The standard InChI is InChI=1S/C18H28ClN3O2S/c1-20(18-8-3-2-4-9-18)25(23,24)22-12-10-21(11-13-22)15-16-6-5-7-17(19)14-16/h5-7,14,18H,2-4,8-13,15H2,1H3. The van der Waals surface area contributed by atoms with E-state index in [2.05, 4.69) is 11.0 Å². The third-order valence-corrected chi connectivity index (χ3v) is 7.68. The van der Waals surface area contributed by atoms with E-state index in [1.54, 1.807) is 15.7 Å². The van der Waals surface area contributed by atoms with Crippen LogP contribution in [-0.4, -0.2) is 61.2 Å². The van der Waals surface area contributed by atoms with Crippen LogP contribution in [0, 0.1) is 0 Å². The van der Waals surface area contributed by atoms with Crippen molar-refractivity contribution in [3.8, 4) is 0 Å². The van der Waals surface area contributed by atoms with E-state index >= 15 is 0 Å². The van der Waals surface area contributed by atoms with Crippen LogP contribution in [0.15, 0.2) is 24.3 Å². The number of halogens is 1. The summed E-state index contributed by atoms with van der Waals surface area (Å²) in [6.45, 7) is 3.43. The van der Waals surface area contributed by atoms with E-state index < -0.39 is 10.2 Å². The molecule has 0 unspecified atom stereocenters. The zero-order valence-electron chi connectivity index (χ0n) is 14.9. The SMILES string of the molecule is CN(C1CCCCC1)S(=O)(=O)N1CCN(Cc2cccc(Cl)c2)CC1. The second-order valence-electron chi connectivity index (χ2n) is 7.12. The van der Waals surface area contributed by atoms with E-state index in [-0.39, 0.29) is 6.04 Å². The van der Waals surface area contributed by atoms with Crippen LogP contribution in [0.4, 0.5) is 0 Å². The Hall–Kier alpha value is -0.660. The van der Waals surface area contributed by atoms with Crippen molar-refractivity contribution in [3.63, 3.8) is 0 Å². The van der Waals surface area contributed by atoms with Gasteiger partial charge in [0, 0.05) is 50.8 Å². The summed E-state index contributed by atoms with van der Waals surface area (Å²) in [4.78, 5) is 2.29. The van der Waals surface area contributed by atoms with E-state index in [0.29, 0.717) is 13.1 Å². The second kappa shape index (κ2) is 8.35. The Morgan fingerprint density at radius 2 is 1.80 bits per heavy atom. The van der Waals surface area contributed by atoms with Gasteiger partial charge in [0.25, 0.3) is 10.2 Å². The van der Waals surface area contributed by atoms with E-state index in [1.807, 2.05) is 18.2 Å². The van der Waals surface area contributed by atoms with Crippen molar-refractivity contribution in [2.75, 3.05) is 33.2 Å². The van der Waals surface area contributed by atoms with E-state index in [0.717, 1.165) is 50.3 Å². The lowest BCUT2D eigenvalue weighted by Gasteiger charge is -2.38. The lowest BCUT2D eigenvalue weighted by Crippen LogP contribution is -2.54. The molecule has 0 amide bonds. The third-order valence-electron chi connectivity index (χ3n) is 5.41. The monoisotopic (exact) mass is 385 g/mol. The first kappa shape index (κ1) is 19.1. The first-order valence-electron chi connectivity index (χ1n) is 9.17. The fourth-order valence-electron chi connectivity index (χ4n) is 3.83. The lowest BCUT2D eigenvalue weighted by atomic mass is 9.96. The number of hydrogen-bond donors (Lipinski definition) is 0. The van der Waals surface area contributed by atoms with Crippen LogP contribution >= 0.6 is 11.6 Å². The molecule has 140 valence electrons. The van der Waals surface area contributed by atoms with Crippen LogP contribution in [0.25, 0.3) is 0 Å². The van der Waals surface area contributed by atoms with Crippen LogP contribution in [0.1, 0.15) is 37.7 Å². The largest absolute Gasteiger partial charge is 0.296 e. The van der Waals surface area contributed by atoms with Gasteiger partial charge < -0.3 is 0 Å². The molecule has 3 rings (SSSR count). The van der Waals surface area contributed by atoms with Gasteiger partial charge in [-0.25, -0.2) is 0 Å². The van der Waals surface area contributed by atoms with Gasteiger partial charge in [-0.2, -0.15) is 17.0 Å². The minimum Gasteiger partial charge on any atom is -0.296 e. The summed E-state index contributed by atoms with van der Waals surface area (Å²) in [5.74, 6) is 0. The minimum absolute atomic E-state index is 0.170. The van der Waals surface area contributed by atoms with Crippen molar-refractivity contribution in [2.45, 2.75) is 44.7 Å². The van der Waals surface area contributed by atoms with Crippen molar-refractivity contribution in [3.05, 3.63) is 34.9 Å². The highest BCUT2D eigenvalue weighted by Gasteiger charge is 2.34. The summed E-state index contributed by atoms with van der Waals surface area (Å²) in [5.41, 5.74) is 1.17. The Kier molecular flexibility index (Phi) is 6.39. The molecule has 2 aliphatic rings. The van der Waals surface area contributed by atoms with E-state index in [9.17, 15) is 8.42 Å². The van der Waals surface area contributed by atoms with Crippen molar-refractivity contribution in [1.29, 1.82) is 0 Å². The molecule has 1 aliphatic heterocycles. The predicted molar refractivity (Wildman–Crippen MR) is 102 cm³/mol. The summed E-state index contributed by atoms with van der Waals surface area (Å²) in [5, 5.41) is 0.743. The molecule has 1 heterocycles. The molecule has 0 aromatic heterocycles. The van der Waals surface area contributed by atoms with Crippen LogP contribution in [0.5, 0.6) is 0 Å². The van der Waals surface area contributed by atoms with Crippen LogP contribution < -0.4 is 0 Å². The molecule has 1 saturated heterocycles. The third kappa shape index (κ3) is 4.74. The van der Waals surface area contributed by atoms with Crippen LogP contribution in [0.2, 0.25) is 5.02 Å². The van der Waals surface area contributed by atoms with E-state index in [1.165, 1.54) is 12.0 Å². The van der Waals surface area contributed by atoms with Crippen molar-refractivity contribution in [1.82, 2.24) is 13.5 Å². The zero-order valence-corrected chi connectivity index (χ0v) is 16.5. The fourth-order valence-corrected chi connectivity index (χ4v) is 5.62. The number of piperazine rings is 1. The topological polar surface area (TPSA) is 43.9 Å². The van der Waals surface area contributed by atoms with Crippen molar-refractivity contribution < 1.29 is 8.42 Å². The molecular weight excluding hydrogens is 358 g/mol. The molecule has 25 heavy (non-hydrogen) atoms. The van der Waals surface area contributed by atoms with Gasteiger partial charge in [0.15, 0.2) is 0 Å². The quantitative estimate of drug-likeness (QED) is 0.782. The maximum atomic E-state index is 12.9. The molecular formula is C18H28ClN3O2S. The second-order valence-corrected chi connectivity index (χ2v) is 9.55. The van der Waals surface area contributed by atoms with Gasteiger partial charge in [0.1, 0.15) is 0 Å². The number of nitrogens with zero attached hydrogens (tertiary/aromatic N) is 3. The van der Waals surface area contributed by atoms with Gasteiger partial charge in [-0.15, -0.1) is 0 Å².